The molecule has 1 aliphatic rings. The van der Waals surface area contributed by atoms with E-state index in [1.54, 1.807) is 18.2 Å². The molecule has 4 rings (SSSR count). The van der Waals surface area contributed by atoms with Crippen molar-refractivity contribution in [2.24, 2.45) is 5.73 Å². The van der Waals surface area contributed by atoms with Crippen LogP contribution < -0.4 is 37.1 Å². The van der Waals surface area contributed by atoms with E-state index in [9.17, 15) is 37.5 Å². The summed E-state index contributed by atoms with van der Waals surface area (Å²) in [7, 11) is 0. The summed E-state index contributed by atoms with van der Waals surface area (Å²) in [5.41, 5.74) is 8.73. The summed E-state index contributed by atoms with van der Waals surface area (Å²) in [6, 6.07) is 14.0. The highest BCUT2D eigenvalue weighted by Crippen LogP contribution is 2.27. The summed E-state index contributed by atoms with van der Waals surface area (Å²) < 4.78 is 49.3. The van der Waals surface area contributed by atoms with Gasteiger partial charge in [0.1, 0.15) is 18.4 Å². The molecule has 6 amide bonds. The van der Waals surface area contributed by atoms with Gasteiger partial charge in [0.25, 0.3) is 11.8 Å². The molecule has 1 aliphatic heterocycles. The highest BCUT2D eigenvalue weighted by atomic mass is 19.3. The smallest absolute Gasteiger partial charge is 0.267 e. The number of aryl methyl sites for hydroxylation is 2. The molecule has 18 nitrogen and oxygen atoms in total. The van der Waals surface area contributed by atoms with Crippen molar-refractivity contribution >= 4 is 46.3 Å². The Bertz CT molecular complexity index is 2060. The molecular formula is C48H68F2N8O10. The van der Waals surface area contributed by atoms with Crippen molar-refractivity contribution in [1.29, 1.82) is 0 Å². The van der Waals surface area contributed by atoms with Crippen LogP contribution >= 0.6 is 0 Å². The molecule has 0 aliphatic carbocycles. The minimum Gasteiger partial charge on any atom is -0.492 e. The minimum absolute atomic E-state index is 0.0665. The van der Waals surface area contributed by atoms with Gasteiger partial charge in [-0.1, -0.05) is 29.8 Å². The maximum atomic E-state index is 13.5. The van der Waals surface area contributed by atoms with E-state index >= 15 is 0 Å². The number of alkyl halides is 2. The number of amides is 6. The number of benzene rings is 2. The van der Waals surface area contributed by atoms with Crippen LogP contribution in [-0.2, 0) is 44.6 Å². The van der Waals surface area contributed by atoms with Crippen LogP contribution in [0.25, 0.3) is 10.9 Å². The Morgan fingerprint density at radius 1 is 0.750 bits per heavy atom. The van der Waals surface area contributed by atoms with Crippen LogP contribution in [-0.4, -0.2) is 149 Å². The van der Waals surface area contributed by atoms with Crippen LogP contribution in [0.1, 0.15) is 79.3 Å². The van der Waals surface area contributed by atoms with Crippen molar-refractivity contribution in [3.8, 4) is 5.75 Å². The van der Waals surface area contributed by atoms with Crippen molar-refractivity contribution in [2.45, 2.75) is 83.1 Å². The van der Waals surface area contributed by atoms with Gasteiger partial charge >= 0.3 is 0 Å². The third kappa shape index (κ3) is 21.4. The molecule has 20 heteroatoms. The average Bonchev–Trinajstić information content (AvgIpc) is 3.70. The van der Waals surface area contributed by atoms with Crippen molar-refractivity contribution in [1.82, 2.24) is 36.5 Å². The van der Waals surface area contributed by atoms with Crippen LogP contribution in [0.4, 0.5) is 8.78 Å². The SMILES string of the molecule is Cc1ccc(CCCC(=O)NC(CCCCN)C(=O)NCCOCCOCCOCCNC(=O)CCCC(=O)NCCOc2ccc3nccc(C(=O)NCC(=O)N4CCC(F)(F)C4)c3c2)cc1. The molecule has 2 aromatic carbocycles. The van der Waals surface area contributed by atoms with Crippen LogP contribution in [0, 0.1) is 6.92 Å². The molecule has 1 aromatic heterocycles. The van der Waals surface area contributed by atoms with Gasteiger partial charge in [-0.15, -0.1) is 0 Å². The lowest BCUT2D eigenvalue weighted by Gasteiger charge is -2.18. The van der Waals surface area contributed by atoms with Crippen LogP contribution in [0.3, 0.4) is 0 Å². The van der Waals surface area contributed by atoms with Crippen molar-refractivity contribution in [3.63, 3.8) is 0 Å². The third-order valence-electron chi connectivity index (χ3n) is 10.8. The molecule has 2 heterocycles. The summed E-state index contributed by atoms with van der Waals surface area (Å²) in [4.78, 5) is 80.5. The Hall–Kier alpha value is -5.83. The Labute approximate surface area is 396 Å². The fraction of sp³-hybridized carbons (Fsp3) is 0.562. The standard InChI is InChI=1S/C48H68F2N8O10/c1-35-11-13-36(14-12-35)6-4-10-44(61)57-41(7-2-3-19-51)47(64)55-22-26-66-29-31-67-30-28-65-25-21-53-42(59)8-5-9-43(60)54-23-27-68-37-15-16-40-39(32-37)38(17-20-52-40)46(63)56-33-45(62)58-24-18-48(49,50)34-58/h11-17,20,32,41H,2-10,18-19,21-31,33-34,51H2,1H3,(H,53,59)(H,54,60)(H,55,64)(H,56,63)(H,57,61). The predicted molar refractivity (Wildman–Crippen MR) is 250 cm³/mol. The van der Waals surface area contributed by atoms with Gasteiger partial charge in [-0.3, -0.25) is 33.8 Å². The van der Waals surface area contributed by atoms with Crippen molar-refractivity contribution < 1.29 is 56.5 Å². The third-order valence-corrected chi connectivity index (χ3v) is 10.8. The zero-order valence-corrected chi connectivity index (χ0v) is 39.1. The van der Waals surface area contributed by atoms with Gasteiger partial charge in [0.05, 0.1) is 70.4 Å². The molecule has 7 N–H and O–H groups in total. The number of fused-ring (bicyclic) bond motifs is 1. The molecule has 0 spiro atoms. The number of nitrogens with zero attached hydrogens (tertiary/aromatic N) is 2. The number of likely N-dealkylation sites (tertiary alicyclic amines) is 1. The summed E-state index contributed by atoms with van der Waals surface area (Å²) in [6.45, 7) is 4.24. The van der Waals surface area contributed by atoms with Gasteiger partial charge < -0.3 is 56.2 Å². The topological polar surface area (TPSA) is 242 Å². The quantitative estimate of drug-likeness (QED) is 0.0484. The van der Waals surface area contributed by atoms with Crippen molar-refractivity contribution in [2.75, 3.05) is 92.1 Å². The van der Waals surface area contributed by atoms with E-state index in [2.05, 4.69) is 55.8 Å². The summed E-state index contributed by atoms with van der Waals surface area (Å²) in [5, 5.41) is 14.2. The number of halogens is 2. The minimum atomic E-state index is -2.92. The van der Waals surface area contributed by atoms with Crippen molar-refractivity contribution in [3.05, 3.63) is 71.4 Å². The van der Waals surface area contributed by atoms with Gasteiger partial charge in [-0.2, -0.15) is 0 Å². The lowest BCUT2D eigenvalue weighted by Crippen LogP contribution is -2.47. The first-order valence-corrected chi connectivity index (χ1v) is 23.4. The molecule has 374 valence electrons. The number of hydrogen-bond acceptors (Lipinski definition) is 12. The Morgan fingerprint density at radius 3 is 2.06 bits per heavy atom. The first-order valence-electron chi connectivity index (χ1n) is 23.4. The number of hydrogen-bond donors (Lipinski definition) is 6. The van der Waals surface area contributed by atoms with Crippen LogP contribution in [0.2, 0.25) is 0 Å². The number of aromatic nitrogens is 1. The first kappa shape index (κ1) is 54.8. The largest absolute Gasteiger partial charge is 0.492 e. The highest BCUT2D eigenvalue weighted by molar-refractivity contribution is 6.07. The lowest BCUT2D eigenvalue weighted by molar-refractivity contribution is -0.130. The number of rotatable bonds is 33. The van der Waals surface area contributed by atoms with Crippen LogP contribution in [0.5, 0.6) is 5.75 Å². The van der Waals surface area contributed by atoms with Gasteiger partial charge in [0.15, 0.2) is 0 Å². The second-order valence-corrected chi connectivity index (χ2v) is 16.4. The molecular weight excluding hydrogens is 887 g/mol. The summed E-state index contributed by atoms with van der Waals surface area (Å²) in [6.07, 6.45) is 5.53. The molecule has 68 heavy (non-hydrogen) atoms. The number of pyridine rings is 1. The fourth-order valence-electron chi connectivity index (χ4n) is 7.08. The summed E-state index contributed by atoms with van der Waals surface area (Å²) in [5.74, 6) is -4.50. The number of ether oxygens (including phenoxy) is 4. The summed E-state index contributed by atoms with van der Waals surface area (Å²) >= 11 is 0. The maximum Gasteiger partial charge on any atom is 0.267 e. The molecule has 3 aromatic rings. The Balaban J connectivity index is 0.954. The lowest BCUT2D eigenvalue weighted by atomic mass is 10.1. The predicted octanol–water partition coefficient (Wildman–Crippen LogP) is 2.72. The Morgan fingerprint density at radius 2 is 1.40 bits per heavy atom. The molecule has 1 atom stereocenters. The number of carbonyl (C=O) groups excluding carboxylic acids is 6. The zero-order chi connectivity index (χ0) is 49.0. The Kier molecular flexibility index (Phi) is 24.6. The maximum absolute atomic E-state index is 13.5. The fourth-order valence-corrected chi connectivity index (χ4v) is 7.08. The molecule has 1 unspecified atom stereocenters. The molecule has 0 saturated carbocycles. The van der Waals surface area contributed by atoms with E-state index in [4.69, 9.17) is 24.7 Å². The molecule has 1 saturated heterocycles. The number of nitrogens with two attached hydrogens (primary N) is 1. The highest BCUT2D eigenvalue weighted by Gasteiger charge is 2.40. The average molecular weight is 955 g/mol. The van der Waals surface area contributed by atoms with Gasteiger partial charge in [-0.05, 0) is 81.8 Å². The van der Waals surface area contributed by atoms with E-state index in [1.807, 2.05) is 6.92 Å². The van der Waals surface area contributed by atoms with Gasteiger partial charge in [-0.25, -0.2) is 8.78 Å². The first-order chi connectivity index (χ1) is 32.8. The van der Waals surface area contributed by atoms with E-state index in [0.717, 1.165) is 24.2 Å². The van der Waals surface area contributed by atoms with Crippen LogP contribution in [0.15, 0.2) is 54.7 Å². The normalized spacial score (nSPS) is 13.4. The van der Waals surface area contributed by atoms with Gasteiger partial charge in [0.2, 0.25) is 29.5 Å². The molecule has 0 radical (unpaired) electrons. The van der Waals surface area contributed by atoms with E-state index in [0.29, 0.717) is 95.0 Å². The van der Waals surface area contributed by atoms with E-state index in [-0.39, 0.29) is 68.3 Å². The second kappa shape index (κ2) is 30.5. The monoisotopic (exact) mass is 955 g/mol. The second-order valence-electron chi connectivity index (χ2n) is 16.4. The number of carbonyl (C=O) groups is 6. The van der Waals surface area contributed by atoms with E-state index < -0.39 is 43.3 Å². The van der Waals surface area contributed by atoms with E-state index in [1.165, 1.54) is 23.4 Å². The number of nitrogens with one attached hydrogen (secondary N) is 5. The van der Waals surface area contributed by atoms with Gasteiger partial charge in [0, 0.05) is 56.9 Å². The molecule has 0 bridgehead atoms. The number of unbranched alkanes of at least 4 members (excludes halogenated alkanes) is 1. The molecule has 1 fully saturated rings. The zero-order valence-electron chi connectivity index (χ0n) is 39.1.